The zero-order valence-corrected chi connectivity index (χ0v) is 9.36. The third kappa shape index (κ3) is 2.81. The number of carboxylic acids is 1. The van der Waals surface area contributed by atoms with Gasteiger partial charge in [0.05, 0.1) is 18.8 Å². The Balaban J connectivity index is 2.21. The summed E-state index contributed by atoms with van der Waals surface area (Å²) in [5.74, 6) is -1.55. The highest BCUT2D eigenvalue weighted by atomic mass is 19.1. The van der Waals surface area contributed by atoms with Crippen LogP contribution in [-0.2, 0) is 11.3 Å². The molecular weight excluding hydrogens is 225 g/mol. The molecule has 1 aromatic rings. The average molecular weight is 239 g/mol. The van der Waals surface area contributed by atoms with Gasteiger partial charge in [-0.15, -0.1) is 0 Å². The van der Waals surface area contributed by atoms with Gasteiger partial charge in [0.15, 0.2) is 0 Å². The van der Waals surface area contributed by atoms with E-state index >= 15 is 0 Å². The number of aromatic carboxylic acids is 1. The molecule has 0 saturated carbocycles. The van der Waals surface area contributed by atoms with Crippen LogP contribution in [0.1, 0.15) is 15.9 Å². The molecule has 0 unspecified atom stereocenters. The third-order valence-corrected chi connectivity index (χ3v) is 2.83. The van der Waals surface area contributed by atoms with Crippen molar-refractivity contribution in [2.45, 2.75) is 6.54 Å². The fraction of sp³-hybridized carbons (Fsp3) is 0.417. The first-order chi connectivity index (χ1) is 8.18. The van der Waals surface area contributed by atoms with Crippen molar-refractivity contribution in [1.82, 2.24) is 4.90 Å². The highest BCUT2D eigenvalue weighted by molar-refractivity contribution is 5.89. The van der Waals surface area contributed by atoms with E-state index in [0.717, 1.165) is 0 Å². The van der Waals surface area contributed by atoms with Gasteiger partial charge in [0, 0.05) is 25.2 Å². The fourth-order valence-electron chi connectivity index (χ4n) is 1.90. The predicted molar refractivity (Wildman–Crippen MR) is 59.5 cm³/mol. The first kappa shape index (κ1) is 12.0. The van der Waals surface area contributed by atoms with Crippen molar-refractivity contribution in [3.05, 3.63) is 35.1 Å². The van der Waals surface area contributed by atoms with Gasteiger partial charge in [0.25, 0.3) is 0 Å². The van der Waals surface area contributed by atoms with Gasteiger partial charge in [-0.2, -0.15) is 0 Å². The van der Waals surface area contributed by atoms with Gasteiger partial charge in [-0.3, -0.25) is 4.90 Å². The van der Waals surface area contributed by atoms with Gasteiger partial charge in [-0.05, 0) is 12.1 Å². The van der Waals surface area contributed by atoms with Crippen LogP contribution in [-0.4, -0.2) is 42.3 Å². The largest absolute Gasteiger partial charge is 0.478 e. The van der Waals surface area contributed by atoms with E-state index in [1.165, 1.54) is 18.2 Å². The maximum Gasteiger partial charge on any atom is 0.336 e. The molecule has 1 aromatic carbocycles. The van der Waals surface area contributed by atoms with Crippen LogP contribution in [0.5, 0.6) is 0 Å². The molecule has 0 aliphatic carbocycles. The number of nitrogens with zero attached hydrogens (tertiary/aromatic N) is 1. The maximum absolute atomic E-state index is 13.6. The highest BCUT2D eigenvalue weighted by Gasteiger charge is 2.18. The Labute approximate surface area is 98.6 Å². The number of rotatable bonds is 3. The van der Waals surface area contributed by atoms with Crippen molar-refractivity contribution < 1.29 is 19.0 Å². The lowest BCUT2D eigenvalue weighted by Gasteiger charge is -2.27. The van der Waals surface area contributed by atoms with Crippen LogP contribution >= 0.6 is 0 Å². The van der Waals surface area contributed by atoms with E-state index in [4.69, 9.17) is 9.84 Å². The third-order valence-electron chi connectivity index (χ3n) is 2.83. The lowest BCUT2D eigenvalue weighted by molar-refractivity contribution is 0.0334. The molecule has 1 aliphatic rings. The van der Waals surface area contributed by atoms with Crippen molar-refractivity contribution in [1.29, 1.82) is 0 Å². The second-order valence-electron chi connectivity index (χ2n) is 3.96. The summed E-state index contributed by atoms with van der Waals surface area (Å²) in [5, 5.41) is 9.01. The summed E-state index contributed by atoms with van der Waals surface area (Å²) in [6, 6.07) is 4.14. The minimum atomic E-state index is -1.09. The quantitative estimate of drug-likeness (QED) is 0.865. The predicted octanol–water partition coefficient (Wildman–Crippen LogP) is 1.36. The molecule has 4 nitrogen and oxygen atoms in total. The summed E-state index contributed by atoms with van der Waals surface area (Å²) in [4.78, 5) is 13.0. The SMILES string of the molecule is O=C(O)c1cccc(F)c1CN1CCOCC1. The molecule has 17 heavy (non-hydrogen) atoms. The molecule has 0 aromatic heterocycles. The summed E-state index contributed by atoms with van der Waals surface area (Å²) in [5.41, 5.74) is 0.290. The van der Waals surface area contributed by atoms with Gasteiger partial charge in [0.2, 0.25) is 0 Å². The van der Waals surface area contributed by atoms with Crippen LogP contribution in [0.25, 0.3) is 0 Å². The molecule has 1 N–H and O–H groups in total. The normalized spacial score (nSPS) is 17.0. The van der Waals surface area contributed by atoms with E-state index in [-0.39, 0.29) is 11.1 Å². The summed E-state index contributed by atoms with van der Waals surface area (Å²) < 4.78 is 18.8. The summed E-state index contributed by atoms with van der Waals surface area (Å²) >= 11 is 0. The van der Waals surface area contributed by atoms with Crippen molar-refractivity contribution in [2.24, 2.45) is 0 Å². The van der Waals surface area contributed by atoms with E-state index in [1.807, 2.05) is 4.90 Å². The zero-order chi connectivity index (χ0) is 12.3. The van der Waals surface area contributed by atoms with Crippen molar-refractivity contribution in [3.8, 4) is 0 Å². The van der Waals surface area contributed by atoms with Gasteiger partial charge < -0.3 is 9.84 Å². The number of ether oxygens (including phenoxy) is 1. The van der Waals surface area contributed by atoms with E-state index in [2.05, 4.69) is 0 Å². The Morgan fingerprint density at radius 1 is 1.41 bits per heavy atom. The van der Waals surface area contributed by atoms with E-state index < -0.39 is 11.8 Å². The van der Waals surface area contributed by atoms with Gasteiger partial charge in [0.1, 0.15) is 5.82 Å². The maximum atomic E-state index is 13.6. The molecule has 5 heteroatoms. The molecule has 0 bridgehead atoms. The Hall–Kier alpha value is -1.46. The Morgan fingerprint density at radius 2 is 2.12 bits per heavy atom. The van der Waals surface area contributed by atoms with Crippen LogP contribution in [0, 0.1) is 5.82 Å². The van der Waals surface area contributed by atoms with Crippen molar-refractivity contribution in [3.63, 3.8) is 0 Å². The number of hydrogen-bond acceptors (Lipinski definition) is 3. The van der Waals surface area contributed by atoms with E-state index in [9.17, 15) is 9.18 Å². The fourth-order valence-corrected chi connectivity index (χ4v) is 1.90. The molecule has 2 rings (SSSR count). The molecule has 0 spiro atoms. The van der Waals surface area contributed by atoms with Crippen LogP contribution in [0.4, 0.5) is 4.39 Å². The van der Waals surface area contributed by atoms with E-state index in [0.29, 0.717) is 32.8 Å². The molecular formula is C12H14FNO3. The van der Waals surface area contributed by atoms with Crippen LogP contribution in [0.2, 0.25) is 0 Å². The number of carbonyl (C=O) groups is 1. The van der Waals surface area contributed by atoms with E-state index in [1.54, 1.807) is 0 Å². The standard InChI is InChI=1S/C12H14FNO3/c13-11-3-1-2-9(12(15)16)10(11)8-14-4-6-17-7-5-14/h1-3H,4-8H2,(H,15,16). The molecule has 1 aliphatic heterocycles. The zero-order valence-electron chi connectivity index (χ0n) is 9.36. The number of halogens is 1. The lowest BCUT2D eigenvalue weighted by Crippen LogP contribution is -2.36. The number of hydrogen-bond donors (Lipinski definition) is 1. The minimum Gasteiger partial charge on any atom is -0.478 e. The van der Waals surface area contributed by atoms with Crippen LogP contribution < -0.4 is 0 Å². The van der Waals surface area contributed by atoms with Gasteiger partial charge in [-0.1, -0.05) is 6.07 Å². The lowest BCUT2D eigenvalue weighted by atomic mass is 10.1. The molecule has 0 radical (unpaired) electrons. The Morgan fingerprint density at radius 3 is 2.76 bits per heavy atom. The molecule has 1 heterocycles. The first-order valence-corrected chi connectivity index (χ1v) is 5.49. The molecule has 0 atom stereocenters. The first-order valence-electron chi connectivity index (χ1n) is 5.49. The molecule has 1 fully saturated rings. The summed E-state index contributed by atoms with van der Waals surface area (Å²) in [7, 11) is 0. The Kier molecular flexibility index (Phi) is 3.71. The summed E-state index contributed by atoms with van der Waals surface area (Å²) in [6.45, 7) is 2.94. The van der Waals surface area contributed by atoms with Crippen LogP contribution in [0.3, 0.4) is 0 Å². The van der Waals surface area contributed by atoms with Gasteiger partial charge in [-0.25, -0.2) is 9.18 Å². The monoisotopic (exact) mass is 239 g/mol. The second-order valence-corrected chi connectivity index (χ2v) is 3.96. The molecule has 0 amide bonds. The average Bonchev–Trinajstić information content (AvgIpc) is 2.33. The summed E-state index contributed by atoms with van der Waals surface area (Å²) in [6.07, 6.45) is 0. The molecule has 92 valence electrons. The topological polar surface area (TPSA) is 49.8 Å². The number of morpholine rings is 1. The Bertz CT molecular complexity index is 416. The molecule has 1 saturated heterocycles. The van der Waals surface area contributed by atoms with Gasteiger partial charge >= 0.3 is 5.97 Å². The smallest absolute Gasteiger partial charge is 0.336 e. The number of benzene rings is 1. The second kappa shape index (κ2) is 5.25. The minimum absolute atomic E-state index is 0.0384. The highest BCUT2D eigenvalue weighted by Crippen LogP contribution is 2.16. The number of carboxylic acid groups (broad SMARTS) is 1. The van der Waals surface area contributed by atoms with Crippen LogP contribution in [0.15, 0.2) is 18.2 Å². The van der Waals surface area contributed by atoms with Crippen molar-refractivity contribution in [2.75, 3.05) is 26.3 Å². The van der Waals surface area contributed by atoms with Crippen molar-refractivity contribution >= 4 is 5.97 Å².